The first-order valence-electron chi connectivity index (χ1n) is 7.26. The Hall–Kier alpha value is -2.48. The molecule has 0 spiro atoms. The molecule has 2 aromatic rings. The minimum Gasteiger partial charge on any atom is -0.508 e. The Morgan fingerprint density at radius 1 is 0.773 bits per heavy atom. The molecule has 0 aliphatic carbocycles. The van der Waals surface area contributed by atoms with Gasteiger partial charge in [-0.25, -0.2) is 0 Å². The third-order valence-corrected chi connectivity index (χ3v) is 3.28. The van der Waals surface area contributed by atoms with Gasteiger partial charge in [-0.1, -0.05) is 36.4 Å². The van der Waals surface area contributed by atoms with Crippen molar-refractivity contribution >= 4 is 0 Å². The van der Waals surface area contributed by atoms with Crippen molar-refractivity contribution in [3.05, 3.63) is 84.0 Å². The number of allylic oxidation sites excluding steroid dienone is 2. The number of hydrogen-bond donors (Lipinski definition) is 2. The van der Waals surface area contributed by atoms with Crippen LogP contribution in [0.15, 0.2) is 61.7 Å². The first-order valence-corrected chi connectivity index (χ1v) is 7.26. The molecule has 0 saturated heterocycles. The van der Waals surface area contributed by atoms with Gasteiger partial charge < -0.3 is 10.2 Å². The van der Waals surface area contributed by atoms with Crippen molar-refractivity contribution in [1.82, 2.24) is 0 Å². The number of benzene rings is 2. The van der Waals surface area contributed by atoms with E-state index in [0.29, 0.717) is 11.5 Å². The molecule has 2 nitrogen and oxygen atoms in total. The Morgan fingerprint density at radius 2 is 1.14 bits per heavy atom. The molecule has 22 heavy (non-hydrogen) atoms. The average Bonchev–Trinajstić information content (AvgIpc) is 2.48. The SMILES string of the molecule is C=CCc1ccc(O)c(C)c1.C=CCc1ccc(O)c(C)c1. The lowest BCUT2D eigenvalue weighted by molar-refractivity contribution is 0.470. The van der Waals surface area contributed by atoms with Gasteiger partial charge >= 0.3 is 0 Å². The highest BCUT2D eigenvalue weighted by molar-refractivity contribution is 5.36. The standard InChI is InChI=1S/2C10H12O/c2*1-3-4-9-5-6-10(11)8(2)7-9/h2*3,5-7,11H,1,4H2,2H3. The van der Waals surface area contributed by atoms with E-state index < -0.39 is 0 Å². The number of rotatable bonds is 4. The second-order valence-electron chi connectivity index (χ2n) is 5.23. The van der Waals surface area contributed by atoms with E-state index in [0.717, 1.165) is 24.0 Å². The summed E-state index contributed by atoms with van der Waals surface area (Å²) >= 11 is 0. The van der Waals surface area contributed by atoms with Crippen LogP contribution in [-0.2, 0) is 12.8 Å². The summed E-state index contributed by atoms with van der Waals surface area (Å²) in [6, 6.07) is 11.2. The number of hydrogen-bond acceptors (Lipinski definition) is 2. The number of phenols is 2. The van der Waals surface area contributed by atoms with Crippen molar-refractivity contribution in [2.75, 3.05) is 0 Å². The molecule has 0 unspecified atom stereocenters. The maximum absolute atomic E-state index is 9.19. The van der Waals surface area contributed by atoms with Crippen molar-refractivity contribution in [2.24, 2.45) is 0 Å². The maximum atomic E-state index is 9.19. The van der Waals surface area contributed by atoms with Gasteiger partial charge in [0.2, 0.25) is 0 Å². The highest BCUT2D eigenvalue weighted by atomic mass is 16.3. The smallest absolute Gasteiger partial charge is 0.118 e. The molecule has 0 saturated carbocycles. The summed E-state index contributed by atoms with van der Waals surface area (Å²) in [5.74, 6) is 0.718. The molecule has 0 amide bonds. The van der Waals surface area contributed by atoms with Crippen LogP contribution in [0.25, 0.3) is 0 Å². The molecule has 2 N–H and O–H groups in total. The van der Waals surface area contributed by atoms with Gasteiger partial charge in [-0.05, 0) is 61.1 Å². The van der Waals surface area contributed by atoms with Crippen LogP contribution < -0.4 is 0 Å². The zero-order valence-electron chi connectivity index (χ0n) is 13.3. The lowest BCUT2D eigenvalue weighted by Crippen LogP contribution is -1.82. The van der Waals surface area contributed by atoms with Gasteiger partial charge in [-0.2, -0.15) is 0 Å². The van der Waals surface area contributed by atoms with Crippen LogP contribution in [0.3, 0.4) is 0 Å². The summed E-state index contributed by atoms with van der Waals surface area (Å²) < 4.78 is 0. The van der Waals surface area contributed by atoms with Crippen LogP contribution in [0.1, 0.15) is 22.3 Å². The number of phenolic OH excluding ortho intramolecular Hbond substituents is 2. The monoisotopic (exact) mass is 296 g/mol. The van der Waals surface area contributed by atoms with E-state index in [1.165, 1.54) is 11.1 Å². The molecule has 0 radical (unpaired) electrons. The third kappa shape index (κ3) is 5.49. The van der Waals surface area contributed by atoms with Gasteiger partial charge in [0, 0.05) is 0 Å². The first-order chi connectivity index (χ1) is 10.5. The zero-order chi connectivity index (χ0) is 16.5. The fraction of sp³-hybridized carbons (Fsp3) is 0.200. The Labute approximate surface area is 133 Å². The minimum absolute atomic E-state index is 0.359. The summed E-state index contributed by atoms with van der Waals surface area (Å²) in [6.07, 6.45) is 5.43. The quantitative estimate of drug-likeness (QED) is 0.791. The van der Waals surface area contributed by atoms with Gasteiger partial charge in [0.1, 0.15) is 11.5 Å². The molecule has 0 aromatic heterocycles. The topological polar surface area (TPSA) is 40.5 Å². The fourth-order valence-electron chi connectivity index (χ4n) is 2.02. The van der Waals surface area contributed by atoms with Crippen LogP contribution in [0.2, 0.25) is 0 Å². The molecule has 0 atom stereocenters. The van der Waals surface area contributed by atoms with Crippen LogP contribution in [0.4, 0.5) is 0 Å². The second-order valence-corrected chi connectivity index (χ2v) is 5.23. The highest BCUT2D eigenvalue weighted by Crippen LogP contribution is 2.17. The van der Waals surface area contributed by atoms with E-state index in [1.54, 1.807) is 12.1 Å². The van der Waals surface area contributed by atoms with E-state index >= 15 is 0 Å². The fourth-order valence-corrected chi connectivity index (χ4v) is 2.02. The maximum Gasteiger partial charge on any atom is 0.118 e. The highest BCUT2D eigenvalue weighted by Gasteiger charge is 1.96. The predicted molar refractivity (Wildman–Crippen MR) is 93.5 cm³/mol. The molecule has 0 bridgehead atoms. The van der Waals surface area contributed by atoms with E-state index in [9.17, 15) is 10.2 Å². The molecule has 0 fully saturated rings. The summed E-state index contributed by atoms with van der Waals surface area (Å²) in [6.45, 7) is 11.1. The third-order valence-electron chi connectivity index (χ3n) is 3.28. The molecular weight excluding hydrogens is 272 g/mol. The van der Waals surface area contributed by atoms with Crippen molar-refractivity contribution in [3.63, 3.8) is 0 Å². The van der Waals surface area contributed by atoms with Gasteiger partial charge in [-0.3, -0.25) is 0 Å². The molecule has 2 rings (SSSR count). The van der Waals surface area contributed by atoms with E-state index in [1.807, 2.05) is 50.3 Å². The lowest BCUT2D eigenvalue weighted by Gasteiger charge is -2.00. The van der Waals surface area contributed by atoms with Crippen LogP contribution in [0, 0.1) is 13.8 Å². The number of aromatic hydroxyl groups is 2. The van der Waals surface area contributed by atoms with Gasteiger partial charge in [0.05, 0.1) is 0 Å². The molecule has 0 heterocycles. The first kappa shape index (κ1) is 17.6. The number of aryl methyl sites for hydroxylation is 2. The molecule has 116 valence electrons. The van der Waals surface area contributed by atoms with Gasteiger partial charge in [-0.15, -0.1) is 13.2 Å². The molecular formula is C20H24O2. The Morgan fingerprint density at radius 3 is 1.41 bits per heavy atom. The van der Waals surface area contributed by atoms with E-state index in [2.05, 4.69) is 13.2 Å². The van der Waals surface area contributed by atoms with E-state index in [4.69, 9.17) is 0 Å². The van der Waals surface area contributed by atoms with Crippen LogP contribution in [0.5, 0.6) is 11.5 Å². The molecule has 2 heteroatoms. The Kier molecular flexibility index (Phi) is 6.97. The van der Waals surface area contributed by atoms with Crippen molar-refractivity contribution in [3.8, 4) is 11.5 Å². The van der Waals surface area contributed by atoms with Crippen molar-refractivity contribution in [1.29, 1.82) is 0 Å². The van der Waals surface area contributed by atoms with Crippen molar-refractivity contribution in [2.45, 2.75) is 26.7 Å². The van der Waals surface area contributed by atoms with E-state index in [-0.39, 0.29) is 0 Å². The Balaban J connectivity index is 0.000000220. The minimum atomic E-state index is 0.359. The largest absolute Gasteiger partial charge is 0.508 e. The van der Waals surface area contributed by atoms with Gasteiger partial charge in [0.25, 0.3) is 0 Å². The summed E-state index contributed by atoms with van der Waals surface area (Å²) in [5, 5.41) is 18.4. The average molecular weight is 296 g/mol. The predicted octanol–water partition coefficient (Wildman–Crippen LogP) is 4.86. The zero-order valence-corrected chi connectivity index (χ0v) is 13.3. The molecule has 0 aliphatic heterocycles. The Bertz CT molecular complexity index is 585. The van der Waals surface area contributed by atoms with Crippen LogP contribution >= 0.6 is 0 Å². The van der Waals surface area contributed by atoms with Crippen molar-refractivity contribution < 1.29 is 10.2 Å². The normalized spacial score (nSPS) is 9.55. The molecule has 0 aliphatic rings. The second kappa shape index (κ2) is 8.73. The molecule has 2 aromatic carbocycles. The summed E-state index contributed by atoms with van der Waals surface area (Å²) in [5.41, 5.74) is 4.22. The summed E-state index contributed by atoms with van der Waals surface area (Å²) in [7, 11) is 0. The summed E-state index contributed by atoms with van der Waals surface area (Å²) in [4.78, 5) is 0. The van der Waals surface area contributed by atoms with Crippen LogP contribution in [-0.4, -0.2) is 10.2 Å². The van der Waals surface area contributed by atoms with Gasteiger partial charge in [0.15, 0.2) is 0 Å². The lowest BCUT2D eigenvalue weighted by atomic mass is 10.1.